The second-order valence-electron chi connectivity index (χ2n) is 8.11. The lowest BCUT2D eigenvalue weighted by atomic mass is 9.96. The number of carbonyl (C=O) groups excluding carboxylic acids is 3. The minimum Gasteiger partial charge on any atom is -0.444 e. The summed E-state index contributed by atoms with van der Waals surface area (Å²) in [4.78, 5) is 37.9. The molecule has 10 heteroatoms. The number of benzene rings is 1. The Morgan fingerprint density at radius 3 is 2.23 bits per heavy atom. The fourth-order valence-electron chi connectivity index (χ4n) is 2.98. The average molecular weight is 432 g/mol. The Labute approximate surface area is 171 Å². The lowest BCUT2D eigenvalue weighted by Crippen LogP contribution is -2.45. The predicted molar refractivity (Wildman–Crippen MR) is 99.3 cm³/mol. The van der Waals surface area contributed by atoms with Gasteiger partial charge in [-0.05, 0) is 51.8 Å². The van der Waals surface area contributed by atoms with E-state index < -0.39 is 59.0 Å². The van der Waals surface area contributed by atoms with E-state index in [0.29, 0.717) is 44.1 Å². The van der Waals surface area contributed by atoms with Crippen molar-refractivity contribution in [3.8, 4) is 0 Å². The minimum atomic E-state index is -4.79. The molecule has 0 aromatic heterocycles. The maximum absolute atomic E-state index is 13.4. The fourth-order valence-corrected chi connectivity index (χ4v) is 2.98. The zero-order chi connectivity index (χ0) is 22.7. The summed E-state index contributed by atoms with van der Waals surface area (Å²) in [5.74, 6) is -2.91. The van der Waals surface area contributed by atoms with E-state index in [9.17, 15) is 31.9 Å². The number of rotatable bonds is 4. The van der Waals surface area contributed by atoms with Crippen molar-refractivity contribution in [1.82, 2.24) is 10.2 Å². The molecule has 0 radical (unpaired) electrons. The highest BCUT2D eigenvalue weighted by Crippen LogP contribution is 2.30. The molecule has 1 saturated heterocycles. The van der Waals surface area contributed by atoms with Gasteiger partial charge in [0.2, 0.25) is 5.91 Å². The summed E-state index contributed by atoms with van der Waals surface area (Å²) in [6.07, 6.45) is -4.54. The zero-order valence-electron chi connectivity index (χ0n) is 16.9. The summed E-state index contributed by atoms with van der Waals surface area (Å²) in [6, 6.07) is 1.55. The Hall–Kier alpha value is -2.65. The van der Waals surface area contributed by atoms with E-state index in [-0.39, 0.29) is 0 Å². The van der Waals surface area contributed by atoms with Crippen LogP contribution in [0.15, 0.2) is 18.2 Å². The predicted octanol–water partition coefficient (Wildman–Crippen LogP) is 3.79. The largest absolute Gasteiger partial charge is 0.444 e. The van der Waals surface area contributed by atoms with Crippen LogP contribution in [0.3, 0.4) is 0 Å². The number of piperidine rings is 1. The molecule has 0 aliphatic carbocycles. The number of hydrogen-bond donors (Lipinski definition) is 1. The first-order valence-electron chi connectivity index (χ1n) is 9.43. The van der Waals surface area contributed by atoms with Gasteiger partial charge >= 0.3 is 12.3 Å². The molecule has 1 aliphatic heterocycles. The second-order valence-corrected chi connectivity index (χ2v) is 8.11. The molecule has 0 atom stereocenters. The molecular formula is C20H24F4N2O4. The van der Waals surface area contributed by atoms with Crippen LogP contribution in [0.25, 0.3) is 0 Å². The molecule has 2 rings (SSSR count). The Kier molecular flexibility index (Phi) is 7.10. The summed E-state index contributed by atoms with van der Waals surface area (Å²) < 4.78 is 57.0. The third-order valence-electron chi connectivity index (χ3n) is 4.49. The number of nitrogens with one attached hydrogen (secondary N) is 1. The first kappa shape index (κ1) is 23.6. The minimum absolute atomic E-state index is 0.299. The monoisotopic (exact) mass is 432 g/mol. The molecule has 0 saturated carbocycles. The van der Waals surface area contributed by atoms with Gasteiger partial charge in [-0.15, -0.1) is 0 Å². The van der Waals surface area contributed by atoms with Crippen molar-refractivity contribution in [1.29, 1.82) is 0 Å². The summed E-state index contributed by atoms with van der Waals surface area (Å²) in [5, 5.41) is 2.38. The molecule has 1 aromatic carbocycles. The molecule has 1 heterocycles. The van der Waals surface area contributed by atoms with Gasteiger partial charge in [-0.1, -0.05) is 0 Å². The van der Waals surface area contributed by atoms with E-state index in [1.165, 1.54) is 4.90 Å². The standard InChI is InChI=1S/C20H24F4N2O4/c1-19(2,3)30-18(29)26-6-4-12(5-7-26)17(28)25-11-16(27)13-8-14(20(22,23)24)10-15(21)9-13/h8-10,12H,4-7,11H2,1-3H3,(H,25,28). The summed E-state index contributed by atoms with van der Waals surface area (Å²) in [7, 11) is 0. The summed E-state index contributed by atoms with van der Waals surface area (Å²) >= 11 is 0. The average Bonchev–Trinajstić information content (AvgIpc) is 2.63. The third-order valence-corrected chi connectivity index (χ3v) is 4.49. The van der Waals surface area contributed by atoms with Crippen molar-refractivity contribution >= 4 is 17.8 Å². The molecule has 1 aliphatic rings. The van der Waals surface area contributed by atoms with Crippen molar-refractivity contribution in [3.05, 3.63) is 35.1 Å². The highest BCUT2D eigenvalue weighted by Gasteiger charge is 2.32. The molecule has 1 N–H and O–H groups in total. The number of ether oxygens (including phenoxy) is 1. The Bertz CT molecular complexity index is 810. The lowest BCUT2D eigenvalue weighted by molar-refractivity contribution is -0.137. The topological polar surface area (TPSA) is 75.7 Å². The number of carbonyl (C=O) groups is 3. The van der Waals surface area contributed by atoms with Crippen LogP contribution in [0.1, 0.15) is 49.5 Å². The van der Waals surface area contributed by atoms with Crippen LogP contribution in [0.4, 0.5) is 22.4 Å². The van der Waals surface area contributed by atoms with Crippen LogP contribution in [-0.2, 0) is 15.7 Å². The normalized spacial score (nSPS) is 15.6. The van der Waals surface area contributed by atoms with Gasteiger partial charge in [0, 0.05) is 24.6 Å². The number of nitrogens with zero attached hydrogens (tertiary/aromatic N) is 1. The smallest absolute Gasteiger partial charge is 0.416 e. The SMILES string of the molecule is CC(C)(C)OC(=O)N1CCC(C(=O)NCC(=O)c2cc(F)cc(C(F)(F)F)c2)CC1. The lowest BCUT2D eigenvalue weighted by Gasteiger charge is -2.32. The van der Waals surface area contributed by atoms with Gasteiger partial charge in [-0.2, -0.15) is 13.2 Å². The van der Waals surface area contributed by atoms with E-state index in [2.05, 4.69) is 5.32 Å². The summed E-state index contributed by atoms with van der Waals surface area (Å²) in [5.41, 5.74) is -2.37. The van der Waals surface area contributed by atoms with Gasteiger partial charge < -0.3 is 15.0 Å². The van der Waals surface area contributed by atoms with Crippen molar-refractivity contribution in [2.24, 2.45) is 5.92 Å². The number of likely N-dealkylation sites (tertiary alicyclic amines) is 1. The van der Waals surface area contributed by atoms with E-state index >= 15 is 0 Å². The Morgan fingerprint density at radius 1 is 1.10 bits per heavy atom. The number of hydrogen-bond acceptors (Lipinski definition) is 4. The molecule has 6 nitrogen and oxygen atoms in total. The Morgan fingerprint density at radius 2 is 1.70 bits per heavy atom. The van der Waals surface area contributed by atoms with Crippen molar-refractivity contribution in [2.75, 3.05) is 19.6 Å². The van der Waals surface area contributed by atoms with E-state index in [4.69, 9.17) is 4.74 Å². The number of halogens is 4. The number of amides is 2. The number of Topliss-reactive ketones (excluding diaryl/α,β-unsaturated/α-hetero) is 1. The highest BCUT2D eigenvalue weighted by atomic mass is 19.4. The van der Waals surface area contributed by atoms with Crippen molar-refractivity contribution < 1.29 is 36.7 Å². The van der Waals surface area contributed by atoms with Gasteiger partial charge in [0.15, 0.2) is 5.78 Å². The first-order valence-corrected chi connectivity index (χ1v) is 9.43. The van der Waals surface area contributed by atoms with E-state index in [1.807, 2.05) is 0 Å². The van der Waals surface area contributed by atoms with Crippen molar-refractivity contribution in [2.45, 2.75) is 45.4 Å². The first-order chi connectivity index (χ1) is 13.8. The zero-order valence-corrected chi connectivity index (χ0v) is 16.9. The van der Waals surface area contributed by atoms with Gasteiger partial charge in [-0.25, -0.2) is 9.18 Å². The molecular weight excluding hydrogens is 408 g/mol. The number of ketones is 1. The number of alkyl halides is 3. The van der Waals surface area contributed by atoms with Gasteiger partial charge in [0.1, 0.15) is 11.4 Å². The molecule has 2 amide bonds. The molecule has 0 bridgehead atoms. The maximum Gasteiger partial charge on any atom is 0.416 e. The van der Waals surface area contributed by atoms with Crippen LogP contribution >= 0.6 is 0 Å². The molecule has 0 unspecified atom stereocenters. The quantitative estimate of drug-likeness (QED) is 0.580. The van der Waals surface area contributed by atoms with Crippen LogP contribution in [0.5, 0.6) is 0 Å². The van der Waals surface area contributed by atoms with Gasteiger partial charge in [0.25, 0.3) is 0 Å². The summed E-state index contributed by atoms with van der Waals surface area (Å²) in [6.45, 7) is 5.31. The van der Waals surface area contributed by atoms with Crippen LogP contribution in [0.2, 0.25) is 0 Å². The molecule has 1 aromatic rings. The maximum atomic E-state index is 13.4. The molecule has 1 fully saturated rings. The Balaban J connectivity index is 1.88. The molecule has 30 heavy (non-hydrogen) atoms. The fraction of sp³-hybridized carbons (Fsp3) is 0.550. The second kappa shape index (κ2) is 9.01. The van der Waals surface area contributed by atoms with Crippen LogP contribution < -0.4 is 5.32 Å². The molecule has 0 spiro atoms. The van der Waals surface area contributed by atoms with E-state index in [1.54, 1.807) is 20.8 Å². The van der Waals surface area contributed by atoms with E-state index in [0.717, 1.165) is 0 Å². The third kappa shape index (κ3) is 6.70. The van der Waals surface area contributed by atoms with Gasteiger partial charge in [0.05, 0.1) is 12.1 Å². The van der Waals surface area contributed by atoms with Gasteiger partial charge in [-0.3, -0.25) is 9.59 Å². The van der Waals surface area contributed by atoms with Crippen LogP contribution in [0, 0.1) is 11.7 Å². The van der Waals surface area contributed by atoms with Crippen LogP contribution in [-0.4, -0.2) is 47.9 Å². The molecule has 166 valence electrons. The highest BCUT2D eigenvalue weighted by molar-refractivity contribution is 5.99. The van der Waals surface area contributed by atoms with Crippen molar-refractivity contribution in [3.63, 3.8) is 0 Å².